The average molecular weight is 410 g/mol. The van der Waals surface area contributed by atoms with E-state index in [-0.39, 0.29) is 29.7 Å². The summed E-state index contributed by atoms with van der Waals surface area (Å²) >= 11 is 0. The van der Waals surface area contributed by atoms with Gasteiger partial charge in [0.15, 0.2) is 5.76 Å². The van der Waals surface area contributed by atoms with E-state index in [2.05, 4.69) is 15.5 Å². The largest absolute Gasteiger partial charge is 0.459 e. The molecule has 2 aliphatic heterocycles. The van der Waals surface area contributed by atoms with Crippen LogP contribution in [0, 0.1) is 0 Å². The van der Waals surface area contributed by atoms with Gasteiger partial charge in [-0.25, -0.2) is 0 Å². The Kier molecular flexibility index (Phi) is 5.85. The van der Waals surface area contributed by atoms with E-state index in [1.165, 1.54) is 6.26 Å². The normalized spacial score (nSPS) is 23.6. The fraction of sp³-hybridized carbons (Fsp3) is 0.409. The average Bonchev–Trinajstić information content (AvgIpc) is 3.44. The van der Waals surface area contributed by atoms with Crippen molar-refractivity contribution in [1.29, 1.82) is 0 Å². The van der Waals surface area contributed by atoms with E-state index < -0.39 is 11.9 Å². The van der Waals surface area contributed by atoms with Crippen LogP contribution in [0.3, 0.4) is 0 Å². The molecule has 2 N–H and O–H groups in total. The number of carbonyl (C=O) groups excluding carboxylic acids is 3. The fourth-order valence-electron chi connectivity index (χ4n) is 4.15. The van der Waals surface area contributed by atoms with Crippen molar-refractivity contribution in [3.05, 3.63) is 60.1 Å². The standard InChI is InChI=1S/C22H26N4O4/c1-15(24-21(28)19-8-5-11-30-19)20(27)23-12-18-14-26(17-9-10-25(18)13-17)22(29)16-6-3-2-4-7-16/h2-8,11,15,17-18H,9-10,12-14H2,1H3,(H,23,27)(H,24,28)/t15-,17-,18+/m0/s1. The third-order valence-electron chi connectivity index (χ3n) is 5.84. The summed E-state index contributed by atoms with van der Waals surface area (Å²) in [5.41, 5.74) is 0.690. The zero-order valence-electron chi connectivity index (χ0n) is 16.9. The quantitative estimate of drug-likeness (QED) is 0.744. The van der Waals surface area contributed by atoms with Crippen LogP contribution in [0.5, 0.6) is 0 Å². The van der Waals surface area contributed by atoms with Crippen molar-refractivity contribution in [3.8, 4) is 0 Å². The van der Waals surface area contributed by atoms with E-state index in [1.54, 1.807) is 19.1 Å². The SMILES string of the molecule is C[C@H](NC(=O)c1ccco1)C(=O)NC[C@@H]1CN(C(=O)c2ccccc2)[C@H]2CCN1C2. The Morgan fingerprint density at radius 1 is 1.13 bits per heavy atom. The Morgan fingerprint density at radius 2 is 1.93 bits per heavy atom. The molecule has 1 aromatic heterocycles. The predicted molar refractivity (Wildman–Crippen MR) is 110 cm³/mol. The first kappa shape index (κ1) is 20.2. The van der Waals surface area contributed by atoms with Gasteiger partial charge in [0.1, 0.15) is 6.04 Å². The highest BCUT2D eigenvalue weighted by atomic mass is 16.3. The van der Waals surface area contributed by atoms with Gasteiger partial charge < -0.3 is 20.0 Å². The van der Waals surface area contributed by atoms with Crippen molar-refractivity contribution >= 4 is 17.7 Å². The first-order valence-electron chi connectivity index (χ1n) is 10.2. The smallest absolute Gasteiger partial charge is 0.287 e. The Balaban J connectivity index is 1.33. The monoisotopic (exact) mass is 410 g/mol. The number of nitrogens with zero attached hydrogens (tertiary/aromatic N) is 2. The lowest BCUT2D eigenvalue weighted by Gasteiger charge is -2.40. The molecule has 3 heterocycles. The number of fused-ring (bicyclic) bond motifs is 2. The lowest BCUT2D eigenvalue weighted by atomic mass is 10.1. The summed E-state index contributed by atoms with van der Waals surface area (Å²) in [7, 11) is 0. The van der Waals surface area contributed by atoms with Crippen LogP contribution in [0.25, 0.3) is 0 Å². The molecule has 0 aliphatic carbocycles. The number of carbonyl (C=O) groups is 3. The molecule has 4 atom stereocenters. The number of hydrogen-bond donors (Lipinski definition) is 2. The molecule has 4 rings (SSSR count). The number of piperazine rings is 1. The molecule has 3 amide bonds. The van der Waals surface area contributed by atoms with Crippen molar-refractivity contribution in [1.82, 2.24) is 20.4 Å². The fourth-order valence-corrected chi connectivity index (χ4v) is 4.15. The van der Waals surface area contributed by atoms with Gasteiger partial charge in [0, 0.05) is 43.8 Å². The van der Waals surface area contributed by atoms with Crippen LogP contribution >= 0.6 is 0 Å². The van der Waals surface area contributed by atoms with Gasteiger partial charge in [0.2, 0.25) is 5.91 Å². The summed E-state index contributed by atoms with van der Waals surface area (Å²) in [5.74, 6) is -0.489. The highest BCUT2D eigenvalue weighted by Gasteiger charge is 2.41. The molecular formula is C22H26N4O4. The Labute approximate surface area is 175 Å². The van der Waals surface area contributed by atoms with Crippen molar-refractivity contribution in [2.45, 2.75) is 31.5 Å². The number of nitrogens with one attached hydrogen (secondary N) is 2. The molecule has 0 saturated carbocycles. The Morgan fingerprint density at radius 3 is 2.67 bits per heavy atom. The molecule has 2 aliphatic rings. The molecule has 1 aromatic carbocycles. The second-order valence-corrected chi connectivity index (χ2v) is 7.83. The van der Waals surface area contributed by atoms with Gasteiger partial charge in [-0.2, -0.15) is 0 Å². The van der Waals surface area contributed by atoms with E-state index in [4.69, 9.17) is 4.42 Å². The minimum atomic E-state index is -0.695. The van der Waals surface area contributed by atoms with Crippen molar-refractivity contribution in [2.75, 3.05) is 26.2 Å². The van der Waals surface area contributed by atoms with Gasteiger partial charge >= 0.3 is 0 Å². The van der Waals surface area contributed by atoms with E-state index in [0.717, 1.165) is 19.5 Å². The topological polar surface area (TPSA) is 94.9 Å². The summed E-state index contributed by atoms with van der Waals surface area (Å²) in [6, 6.07) is 12.0. The maximum Gasteiger partial charge on any atom is 0.287 e. The molecule has 2 aromatic rings. The Bertz CT molecular complexity index is 899. The van der Waals surface area contributed by atoms with Crippen LogP contribution in [0.15, 0.2) is 53.1 Å². The highest BCUT2D eigenvalue weighted by molar-refractivity contribution is 5.95. The summed E-state index contributed by atoms with van der Waals surface area (Å²) in [4.78, 5) is 41.8. The molecule has 0 radical (unpaired) electrons. The second-order valence-electron chi connectivity index (χ2n) is 7.83. The molecule has 30 heavy (non-hydrogen) atoms. The van der Waals surface area contributed by atoms with Gasteiger partial charge in [-0.15, -0.1) is 0 Å². The third-order valence-corrected chi connectivity index (χ3v) is 5.84. The number of benzene rings is 1. The first-order chi connectivity index (χ1) is 14.5. The minimum Gasteiger partial charge on any atom is -0.459 e. The van der Waals surface area contributed by atoms with E-state index in [1.807, 2.05) is 35.2 Å². The summed E-state index contributed by atoms with van der Waals surface area (Å²) in [6.45, 7) is 4.36. The van der Waals surface area contributed by atoms with E-state index in [0.29, 0.717) is 18.7 Å². The van der Waals surface area contributed by atoms with Crippen LogP contribution in [-0.2, 0) is 4.79 Å². The molecule has 2 saturated heterocycles. The van der Waals surface area contributed by atoms with Crippen molar-refractivity contribution in [3.63, 3.8) is 0 Å². The Hall–Kier alpha value is -3.13. The molecule has 2 fully saturated rings. The van der Waals surface area contributed by atoms with Crippen LogP contribution in [0.4, 0.5) is 0 Å². The number of rotatable bonds is 6. The molecule has 1 unspecified atom stereocenters. The molecule has 0 spiro atoms. The zero-order chi connectivity index (χ0) is 21.1. The van der Waals surface area contributed by atoms with Gasteiger partial charge in [-0.05, 0) is 37.6 Å². The molecule has 8 nitrogen and oxygen atoms in total. The maximum absolute atomic E-state index is 13.0. The van der Waals surface area contributed by atoms with Crippen LogP contribution in [-0.4, -0.2) is 71.8 Å². The van der Waals surface area contributed by atoms with E-state index >= 15 is 0 Å². The molecule has 8 heteroatoms. The summed E-state index contributed by atoms with van der Waals surface area (Å²) in [6.07, 6.45) is 2.35. The number of amides is 3. The summed E-state index contributed by atoms with van der Waals surface area (Å²) in [5, 5.41) is 5.55. The molecular weight excluding hydrogens is 384 g/mol. The van der Waals surface area contributed by atoms with Gasteiger partial charge in [-0.3, -0.25) is 19.3 Å². The van der Waals surface area contributed by atoms with Crippen LogP contribution < -0.4 is 10.6 Å². The predicted octanol–water partition coefficient (Wildman–Crippen LogP) is 1.11. The maximum atomic E-state index is 13.0. The van der Waals surface area contributed by atoms with Crippen molar-refractivity contribution < 1.29 is 18.8 Å². The lowest BCUT2D eigenvalue weighted by Crippen LogP contribution is -2.58. The molecule has 2 bridgehead atoms. The highest BCUT2D eigenvalue weighted by Crippen LogP contribution is 2.26. The van der Waals surface area contributed by atoms with Gasteiger partial charge in [0.25, 0.3) is 11.8 Å². The lowest BCUT2D eigenvalue weighted by molar-refractivity contribution is -0.122. The minimum absolute atomic E-state index is 0.0394. The first-order valence-corrected chi connectivity index (χ1v) is 10.2. The van der Waals surface area contributed by atoms with Gasteiger partial charge in [-0.1, -0.05) is 18.2 Å². The van der Waals surface area contributed by atoms with Crippen LogP contribution in [0.1, 0.15) is 34.3 Å². The second kappa shape index (κ2) is 8.71. The van der Waals surface area contributed by atoms with Crippen molar-refractivity contribution in [2.24, 2.45) is 0 Å². The molecule has 158 valence electrons. The third kappa shape index (κ3) is 4.23. The zero-order valence-corrected chi connectivity index (χ0v) is 16.9. The van der Waals surface area contributed by atoms with Crippen LogP contribution in [0.2, 0.25) is 0 Å². The van der Waals surface area contributed by atoms with E-state index in [9.17, 15) is 14.4 Å². The van der Waals surface area contributed by atoms with Gasteiger partial charge in [0.05, 0.1) is 6.26 Å². The number of hydrogen-bond acceptors (Lipinski definition) is 5. The summed E-state index contributed by atoms with van der Waals surface area (Å²) < 4.78 is 5.05. The number of furan rings is 1.